The van der Waals surface area contributed by atoms with Crippen molar-refractivity contribution in [1.82, 2.24) is 5.32 Å². The Morgan fingerprint density at radius 1 is 1.25 bits per heavy atom. The summed E-state index contributed by atoms with van der Waals surface area (Å²) in [6.07, 6.45) is 0.323. The van der Waals surface area contributed by atoms with Gasteiger partial charge in [0.2, 0.25) is 0 Å². The predicted octanol–water partition coefficient (Wildman–Crippen LogP) is 1.70. The summed E-state index contributed by atoms with van der Waals surface area (Å²) < 4.78 is 0. The summed E-state index contributed by atoms with van der Waals surface area (Å²) in [6.45, 7) is 2.09. The molecule has 0 saturated carbocycles. The molecule has 5 nitrogen and oxygen atoms in total. The molecule has 0 aliphatic carbocycles. The Kier molecular flexibility index (Phi) is 7.04. The number of hydrogen-bond acceptors (Lipinski definition) is 3. The van der Waals surface area contributed by atoms with E-state index in [0.29, 0.717) is 11.8 Å². The fraction of sp³-hybridized carbons (Fsp3) is 0.429. The first-order valence-electron chi connectivity index (χ1n) is 6.32. The Morgan fingerprint density at radius 3 is 2.45 bits per heavy atom. The van der Waals surface area contributed by atoms with Gasteiger partial charge in [0.1, 0.15) is 6.42 Å². The van der Waals surface area contributed by atoms with Crippen LogP contribution in [0.15, 0.2) is 24.3 Å². The normalized spacial score (nSPS) is 17.1. The van der Waals surface area contributed by atoms with Crippen LogP contribution >= 0.6 is 11.6 Å². The zero-order valence-electron chi connectivity index (χ0n) is 11.0. The predicted molar refractivity (Wildman–Crippen MR) is 76.4 cm³/mol. The van der Waals surface area contributed by atoms with Crippen molar-refractivity contribution in [3.8, 4) is 0 Å². The first-order valence-corrected chi connectivity index (χ1v) is 6.86. The largest absolute Gasteiger partial charge is 0.481 e. The summed E-state index contributed by atoms with van der Waals surface area (Å²) in [5, 5.41) is 18.8. The second-order valence-corrected chi connectivity index (χ2v) is 4.78. The van der Waals surface area contributed by atoms with Crippen molar-refractivity contribution < 1.29 is 19.8 Å². The fourth-order valence-electron chi connectivity index (χ4n) is 2.04. The maximum atomic E-state index is 9.43. The number of benzene rings is 1. The number of aliphatic carboxylic acids is 2. The molecule has 2 rings (SSSR count). The van der Waals surface area contributed by atoms with Crippen molar-refractivity contribution in [1.29, 1.82) is 0 Å². The molecule has 1 atom stereocenters. The van der Waals surface area contributed by atoms with E-state index in [1.807, 2.05) is 0 Å². The topological polar surface area (TPSA) is 86.6 Å². The average Bonchev–Trinajstić information content (AvgIpc) is 2.59. The Bertz CT molecular complexity index is 452. The van der Waals surface area contributed by atoms with E-state index in [1.54, 1.807) is 0 Å². The Morgan fingerprint density at radius 2 is 1.90 bits per heavy atom. The number of alkyl halides is 1. The van der Waals surface area contributed by atoms with Gasteiger partial charge in [0.15, 0.2) is 0 Å². The number of nitrogens with one attached hydrogen (secondary N) is 1. The molecule has 1 heterocycles. The van der Waals surface area contributed by atoms with Gasteiger partial charge >= 0.3 is 11.9 Å². The number of fused-ring (bicyclic) bond motifs is 1. The molecule has 0 saturated heterocycles. The lowest BCUT2D eigenvalue weighted by atomic mass is 9.95. The third-order valence-corrected chi connectivity index (χ3v) is 3.32. The number of rotatable bonds is 3. The highest BCUT2D eigenvalue weighted by atomic mass is 35.5. The van der Waals surface area contributed by atoms with Gasteiger partial charge in [-0.1, -0.05) is 24.3 Å². The van der Waals surface area contributed by atoms with E-state index in [4.69, 9.17) is 21.8 Å². The van der Waals surface area contributed by atoms with E-state index in [9.17, 15) is 9.59 Å². The second kappa shape index (κ2) is 8.55. The van der Waals surface area contributed by atoms with Crippen molar-refractivity contribution in [3.05, 3.63) is 35.4 Å². The zero-order chi connectivity index (χ0) is 15.0. The van der Waals surface area contributed by atoms with Crippen molar-refractivity contribution >= 4 is 23.5 Å². The van der Waals surface area contributed by atoms with Gasteiger partial charge < -0.3 is 15.5 Å². The summed E-state index contributed by atoms with van der Waals surface area (Å²) in [5.74, 6) is -1.43. The van der Waals surface area contributed by atoms with Crippen LogP contribution in [0.2, 0.25) is 0 Å². The number of carbonyl (C=O) groups is 2. The molecular formula is C14H18ClNO4. The average molecular weight is 300 g/mol. The van der Waals surface area contributed by atoms with Gasteiger partial charge in [-0.05, 0) is 24.1 Å². The quantitative estimate of drug-likeness (QED) is 0.584. The van der Waals surface area contributed by atoms with Gasteiger partial charge in [0.25, 0.3) is 0 Å². The molecule has 1 aliphatic heterocycles. The summed E-state index contributed by atoms with van der Waals surface area (Å²) in [7, 11) is 0. The molecule has 6 heteroatoms. The SMILES string of the molecule is ClC[C@@H]1CNCCc2ccccc21.O=C(O)CC(=O)O. The molecule has 0 radical (unpaired) electrons. The van der Waals surface area contributed by atoms with Gasteiger partial charge in [-0.2, -0.15) is 0 Å². The Balaban J connectivity index is 0.000000246. The minimum Gasteiger partial charge on any atom is -0.481 e. The van der Waals surface area contributed by atoms with E-state index in [1.165, 1.54) is 11.1 Å². The van der Waals surface area contributed by atoms with Crippen LogP contribution < -0.4 is 5.32 Å². The van der Waals surface area contributed by atoms with Crippen molar-refractivity contribution in [3.63, 3.8) is 0 Å². The molecule has 0 unspecified atom stereocenters. The minimum absolute atomic E-state index is 0.486. The fourth-order valence-corrected chi connectivity index (χ4v) is 2.31. The molecule has 1 aromatic rings. The van der Waals surface area contributed by atoms with Crippen LogP contribution in [0.4, 0.5) is 0 Å². The highest BCUT2D eigenvalue weighted by Gasteiger charge is 2.16. The van der Waals surface area contributed by atoms with E-state index >= 15 is 0 Å². The molecular weight excluding hydrogens is 282 g/mol. The highest BCUT2D eigenvalue weighted by molar-refractivity contribution is 6.18. The molecule has 0 fully saturated rings. The van der Waals surface area contributed by atoms with Crippen LogP contribution in [0.3, 0.4) is 0 Å². The van der Waals surface area contributed by atoms with E-state index in [-0.39, 0.29) is 0 Å². The van der Waals surface area contributed by atoms with Gasteiger partial charge in [-0.25, -0.2) is 0 Å². The van der Waals surface area contributed by atoms with Crippen molar-refractivity contribution in [2.45, 2.75) is 18.8 Å². The summed E-state index contributed by atoms with van der Waals surface area (Å²) in [5.41, 5.74) is 2.89. The number of hydrogen-bond donors (Lipinski definition) is 3. The monoisotopic (exact) mass is 299 g/mol. The Labute approximate surface area is 122 Å². The maximum absolute atomic E-state index is 9.43. The molecule has 3 N–H and O–H groups in total. The lowest BCUT2D eigenvalue weighted by Crippen LogP contribution is -2.20. The zero-order valence-corrected chi connectivity index (χ0v) is 11.8. The van der Waals surface area contributed by atoms with Gasteiger partial charge in [-0.3, -0.25) is 9.59 Å². The van der Waals surface area contributed by atoms with E-state index in [2.05, 4.69) is 29.6 Å². The molecule has 20 heavy (non-hydrogen) atoms. The summed E-state index contributed by atoms with van der Waals surface area (Å²) >= 11 is 5.94. The number of carboxylic acid groups (broad SMARTS) is 2. The molecule has 110 valence electrons. The van der Waals surface area contributed by atoms with E-state index in [0.717, 1.165) is 19.5 Å². The molecule has 0 amide bonds. The van der Waals surface area contributed by atoms with Crippen LogP contribution in [0.25, 0.3) is 0 Å². The van der Waals surface area contributed by atoms with Crippen LogP contribution in [-0.4, -0.2) is 41.1 Å². The smallest absolute Gasteiger partial charge is 0.314 e. The first kappa shape index (κ1) is 16.5. The van der Waals surface area contributed by atoms with Crippen molar-refractivity contribution in [2.75, 3.05) is 19.0 Å². The molecule has 1 aromatic carbocycles. The molecule has 1 aliphatic rings. The molecule has 0 aromatic heterocycles. The van der Waals surface area contributed by atoms with Gasteiger partial charge in [0, 0.05) is 18.3 Å². The van der Waals surface area contributed by atoms with Crippen LogP contribution in [0.1, 0.15) is 23.5 Å². The lowest BCUT2D eigenvalue weighted by molar-refractivity contribution is -0.147. The van der Waals surface area contributed by atoms with Gasteiger partial charge in [-0.15, -0.1) is 11.6 Å². The van der Waals surface area contributed by atoms with Crippen molar-refractivity contribution in [2.24, 2.45) is 0 Å². The first-order chi connectivity index (χ1) is 9.54. The Hall–Kier alpha value is -1.59. The maximum Gasteiger partial charge on any atom is 0.314 e. The summed E-state index contributed by atoms with van der Waals surface area (Å²) in [4.78, 5) is 18.9. The number of halogens is 1. The number of carboxylic acids is 2. The minimum atomic E-state index is -1.31. The third kappa shape index (κ3) is 5.59. The summed E-state index contributed by atoms with van der Waals surface area (Å²) in [6, 6.07) is 8.62. The standard InChI is InChI=1S/C11H14ClN.C3H4O4/c12-7-10-8-13-6-5-9-3-1-2-4-11(9)10;4-2(5)1-3(6)7/h1-4,10,13H,5-8H2;1H2,(H,4,5)(H,6,7)/t10-;/m1./s1. The van der Waals surface area contributed by atoms with Crippen LogP contribution in [-0.2, 0) is 16.0 Å². The van der Waals surface area contributed by atoms with E-state index < -0.39 is 18.4 Å². The lowest BCUT2D eigenvalue weighted by Gasteiger charge is -2.13. The highest BCUT2D eigenvalue weighted by Crippen LogP contribution is 2.23. The molecule has 0 bridgehead atoms. The van der Waals surface area contributed by atoms with Crippen LogP contribution in [0.5, 0.6) is 0 Å². The van der Waals surface area contributed by atoms with Crippen LogP contribution in [0, 0.1) is 0 Å². The third-order valence-electron chi connectivity index (χ3n) is 2.95. The second-order valence-electron chi connectivity index (χ2n) is 4.47. The van der Waals surface area contributed by atoms with Gasteiger partial charge in [0.05, 0.1) is 0 Å². The molecule has 0 spiro atoms.